The van der Waals surface area contributed by atoms with E-state index < -0.39 is 4.92 Å². The summed E-state index contributed by atoms with van der Waals surface area (Å²) in [4.78, 5) is 9.50. The monoisotopic (exact) mass is 174 g/mol. The van der Waals surface area contributed by atoms with Gasteiger partial charge in [-0.05, 0) is 0 Å². The highest BCUT2D eigenvalue weighted by Crippen LogP contribution is 2.19. The van der Waals surface area contributed by atoms with Gasteiger partial charge in [-0.2, -0.15) is 0 Å². The van der Waals surface area contributed by atoms with Gasteiger partial charge in [0.15, 0.2) is 5.15 Å². The van der Waals surface area contributed by atoms with Gasteiger partial charge in [0.05, 0.1) is 11.0 Å². The van der Waals surface area contributed by atoms with E-state index in [1.54, 1.807) is 0 Å². The van der Waals surface area contributed by atoms with Crippen molar-refractivity contribution in [3.05, 3.63) is 21.3 Å². The summed E-state index contributed by atoms with van der Waals surface area (Å²) in [5.41, 5.74) is 4.79. The molecule has 0 saturated carbocycles. The molecule has 0 unspecified atom stereocenters. The molecular weight excluding hydrogens is 172 g/mol. The van der Waals surface area contributed by atoms with Gasteiger partial charge < -0.3 is 5.73 Å². The van der Waals surface area contributed by atoms with E-state index in [1.165, 1.54) is 0 Å². The number of rotatable bonds is 1. The highest BCUT2D eigenvalue weighted by Gasteiger charge is 2.13. The maximum atomic E-state index is 10.2. The number of halogens is 1. The van der Waals surface area contributed by atoms with Crippen LogP contribution < -0.4 is 5.73 Å². The molecule has 0 aliphatic carbocycles. The number of nitrogen functional groups attached to an aromatic ring is 1. The minimum atomic E-state index is -0.671. The van der Waals surface area contributed by atoms with Crippen molar-refractivity contribution in [2.24, 2.45) is 0 Å². The number of nitrogens with two attached hydrogens (primary N) is 1. The largest absolute Gasteiger partial charge is 0.376 e. The van der Waals surface area contributed by atoms with Gasteiger partial charge in [0.2, 0.25) is 5.82 Å². The molecule has 11 heavy (non-hydrogen) atoms. The normalized spacial score (nSPS) is 9.55. The summed E-state index contributed by atoms with van der Waals surface area (Å²) in [5, 5.41) is 16.7. The molecule has 0 radical (unpaired) electrons. The van der Waals surface area contributed by atoms with Gasteiger partial charge >= 0.3 is 5.69 Å². The Balaban J connectivity index is 3.23. The molecule has 7 heteroatoms. The molecular formula is C4H3ClN4O2. The zero-order valence-electron chi connectivity index (χ0n) is 5.19. The van der Waals surface area contributed by atoms with Gasteiger partial charge in [0.25, 0.3) is 0 Å². The average molecular weight is 175 g/mol. The Morgan fingerprint density at radius 3 is 2.73 bits per heavy atom. The van der Waals surface area contributed by atoms with Gasteiger partial charge in [-0.25, -0.2) is 0 Å². The number of nitro groups is 1. The zero-order chi connectivity index (χ0) is 8.43. The second-order valence-electron chi connectivity index (χ2n) is 1.69. The van der Waals surface area contributed by atoms with Crippen LogP contribution in [0.5, 0.6) is 0 Å². The quantitative estimate of drug-likeness (QED) is 0.497. The summed E-state index contributed by atoms with van der Waals surface area (Å²) in [5.74, 6) is -0.237. The van der Waals surface area contributed by atoms with Crippen molar-refractivity contribution in [2.75, 3.05) is 5.73 Å². The van der Waals surface area contributed by atoms with E-state index in [-0.39, 0.29) is 16.7 Å². The third-order valence-electron chi connectivity index (χ3n) is 0.968. The van der Waals surface area contributed by atoms with E-state index >= 15 is 0 Å². The molecule has 0 atom stereocenters. The fraction of sp³-hybridized carbons (Fsp3) is 0. The molecule has 0 aliphatic rings. The molecule has 0 aromatic carbocycles. The SMILES string of the molecule is Nc1nnc(Cl)cc1[N+](=O)[O-]. The van der Waals surface area contributed by atoms with Crippen molar-refractivity contribution in [3.63, 3.8) is 0 Å². The highest BCUT2D eigenvalue weighted by molar-refractivity contribution is 6.29. The van der Waals surface area contributed by atoms with Gasteiger partial charge in [0.1, 0.15) is 0 Å². The van der Waals surface area contributed by atoms with Gasteiger partial charge in [-0.1, -0.05) is 11.6 Å². The number of hydrogen-bond acceptors (Lipinski definition) is 5. The molecule has 0 spiro atoms. The summed E-state index contributed by atoms with van der Waals surface area (Å²) in [6, 6.07) is 1.05. The Labute approximate surface area is 66.1 Å². The van der Waals surface area contributed by atoms with Crippen LogP contribution in [-0.2, 0) is 0 Å². The average Bonchev–Trinajstić information content (AvgIpc) is 1.94. The van der Waals surface area contributed by atoms with Crippen LogP contribution in [0.25, 0.3) is 0 Å². The van der Waals surface area contributed by atoms with Crippen LogP contribution in [0.4, 0.5) is 11.5 Å². The topological polar surface area (TPSA) is 94.9 Å². The van der Waals surface area contributed by atoms with Crippen LogP contribution in [0.3, 0.4) is 0 Å². The first-order valence-corrected chi connectivity index (χ1v) is 2.92. The summed E-state index contributed by atoms with van der Waals surface area (Å²) in [7, 11) is 0. The number of aromatic nitrogens is 2. The van der Waals surface area contributed by atoms with Crippen molar-refractivity contribution >= 4 is 23.1 Å². The van der Waals surface area contributed by atoms with E-state index in [9.17, 15) is 10.1 Å². The maximum Gasteiger partial charge on any atom is 0.316 e. The minimum absolute atomic E-state index is 0.0501. The van der Waals surface area contributed by atoms with Gasteiger partial charge in [0, 0.05) is 0 Å². The first kappa shape index (κ1) is 7.67. The van der Waals surface area contributed by atoms with E-state index in [4.69, 9.17) is 17.3 Å². The Morgan fingerprint density at radius 2 is 2.27 bits per heavy atom. The molecule has 0 aliphatic heterocycles. The molecule has 0 bridgehead atoms. The van der Waals surface area contributed by atoms with Crippen LogP contribution in [0, 0.1) is 10.1 Å². The van der Waals surface area contributed by atoms with E-state index in [0.717, 1.165) is 6.07 Å². The molecule has 0 amide bonds. The number of hydrogen-bond donors (Lipinski definition) is 1. The van der Waals surface area contributed by atoms with Crippen LogP contribution in [0.1, 0.15) is 0 Å². The number of nitrogens with zero attached hydrogens (tertiary/aromatic N) is 3. The molecule has 58 valence electrons. The predicted octanol–water partition coefficient (Wildman–Crippen LogP) is 0.620. The number of anilines is 1. The van der Waals surface area contributed by atoms with Crippen LogP contribution >= 0.6 is 11.6 Å². The molecule has 1 aromatic heterocycles. The second kappa shape index (κ2) is 2.67. The first-order chi connectivity index (χ1) is 5.11. The molecule has 0 fully saturated rings. The summed E-state index contributed by atoms with van der Waals surface area (Å²) < 4.78 is 0. The zero-order valence-corrected chi connectivity index (χ0v) is 5.95. The lowest BCUT2D eigenvalue weighted by atomic mass is 10.4. The maximum absolute atomic E-state index is 10.2. The standard InChI is InChI=1S/C4H3ClN4O2/c5-3-1-2(9(10)11)4(6)8-7-3/h1H,(H2,6,8). The summed E-state index contributed by atoms with van der Waals surface area (Å²) in [6.07, 6.45) is 0. The van der Waals surface area contributed by atoms with E-state index in [1.807, 2.05) is 0 Å². The Bertz CT molecular complexity index is 302. The van der Waals surface area contributed by atoms with Gasteiger partial charge in [-0.3, -0.25) is 10.1 Å². The molecule has 1 aromatic rings. The summed E-state index contributed by atoms with van der Waals surface area (Å²) in [6.45, 7) is 0. The smallest absolute Gasteiger partial charge is 0.316 e. The van der Waals surface area contributed by atoms with E-state index in [2.05, 4.69) is 10.2 Å². The predicted molar refractivity (Wildman–Crippen MR) is 38.1 cm³/mol. The van der Waals surface area contributed by atoms with Crippen LogP contribution in [0.2, 0.25) is 5.15 Å². The van der Waals surface area contributed by atoms with Crippen molar-refractivity contribution in [2.45, 2.75) is 0 Å². The molecule has 1 heterocycles. The molecule has 2 N–H and O–H groups in total. The fourth-order valence-corrected chi connectivity index (χ4v) is 0.656. The lowest BCUT2D eigenvalue weighted by Gasteiger charge is -1.93. The van der Waals surface area contributed by atoms with Crippen molar-refractivity contribution in [1.29, 1.82) is 0 Å². The lowest BCUT2D eigenvalue weighted by Crippen LogP contribution is -1.99. The lowest BCUT2D eigenvalue weighted by molar-refractivity contribution is -0.384. The van der Waals surface area contributed by atoms with Crippen LogP contribution in [0.15, 0.2) is 6.07 Å². The Hall–Kier alpha value is -1.43. The van der Waals surface area contributed by atoms with E-state index in [0.29, 0.717) is 0 Å². The molecule has 0 saturated heterocycles. The van der Waals surface area contributed by atoms with Crippen molar-refractivity contribution in [1.82, 2.24) is 10.2 Å². The fourth-order valence-electron chi connectivity index (χ4n) is 0.515. The van der Waals surface area contributed by atoms with Crippen molar-refractivity contribution < 1.29 is 4.92 Å². The third kappa shape index (κ3) is 1.53. The van der Waals surface area contributed by atoms with Crippen molar-refractivity contribution in [3.8, 4) is 0 Å². The molecule has 1 rings (SSSR count). The Kier molecular flexibility index (Phi) is 1.86. The van der Waals surface area contributed by atoms with Crippen LogP contribution in [-0.4, -0.2) is 15.1 Å². The Morgan fingerprint density at radius 1 is 1.64 bits per heavy atom. The molecule has 6 nitrogen and oxygen atoms in total. The summed E-state index contributed by atoms with van der Waals surface area (Å²) >= 11 is 5.33. The first-order valence-electron chi connectivity index (χ1n) is 2.54. The minimum Gasteiger partial charge on any atom is -0.376 e. The third-order valence-corrected chi connectivity index (χ3v) is 1.15. The second-order valence-corrected chi connectivity index (χ2v) is 2.08. The highest BCUT2D eigenvalue weighted by atomic mass is 35.5. The van der Waals surface area contributed by atoms with Gasteiger partial charge in [-0.15, -0.1) is 10.2 Å².